The fourth-order valence-corrected chi connectivity index (χ4v) is 2.53. The van der Waals surface area contributed by atoms with Gasteiger partial charge in [-0.2, -0.15) is 0 Å². The van der Waals surface area contributed by atoms with Gasteiger partial charge >= 0.3 is 5.97 Å². The van der Waals surface area contributed by atoms with Crippen molar-refractivity contribution < 1.29 is 18.3 Å². The summed E-state index contributed by atoms with van der Waals surface area (Å²) in [6, 6.07) is 1.12. The summed E-state index contributed by atoms with van der Waals surface area (Å²) in [6.45, 7) is 0. The number of hydrogen-bond donors (Lipinski definition) is 2. The molecule has 0 aliphatic rings. The van der Waals surface area contributed by atoms with Crippen molar-refractivity contribution in [2.75, 3.05) is 7.05 Å². The highest BCUT2D eigenvalue weighted by Crippen LogP contribution is 2.18. The third-order valence-electron chi connectivity index (χ3n) is 1.37. The maximum absolute atomic E-state index is 11.1. The van der Waals surface area contributed by atoms with E-state index < -0.39 is 16.0 Å². The monoisotopic (exact) mass is 221 g/mol. The third-order valence-corrected chi connectivity index (χ3v) is 3.83. The van der Waals surface area contributed by atoms with Gasteiger partial charge in [0.05, 0.1) is 4.90 Å². The fourth-order valence-electron chi connectivity index (χ4n) is 0.690. The van der Waals surface area contributed by atoms with Crippen molar-refractivity contribution in [1.82, 2.24) is 4.72 Å². The number of carboxylic acid groups (broad SMARTS) is 1. The predicted octanol–water partition coefficient (Wildman–Crippen LogP) is 0.354. The highest BCUT2D eigenvalue weighted by molar-refractivity contribution is 7.89. The van der Waals surface area contributed by atoms with E-state index in [1.807, 2.05) is 0 Å². The Morgan fingerprint density at radius 3 is 2.62 bits per heavy atom. The first-order valence-corrected chi connectivity index (χ1v) is 5.59. The quantitative estimate of drug-likeness (QED) is 0.771. The highest BCUT2D eigenvalue weighted by atomic mass is 32.2. The average molecular weight is 221 g/mol. The molecule has 7 heteroatoms. The summed E-state index contributed by atoms with van der Waals surface area (Å²) < 4.78 is 24.4. The number of thiophene rings is 1. The van der Waals surface area contributed by atoms with Crippen LogP contribution in [0.2, 0.25) is 0 Å². The van der Waals surface area contributed by atoms with Gasteiger partial charge in [-0.1, -0.05) is 0 Å². The maximum Gasteiger partial charge on any atom is 0.345 e. The molecule has 1 heterocycles. The average Bonchev–Trinajstić information content (AvgIpc) is 2.52. The second-order valence-electron chi connectivity index (χ2n) is 2.16. The molecule has 0 spiro atoms. The van der Waals surface area contributed by atoms with Crippen LogP contribution in [-0.4, -0.2) is 26.5 Å². The van der Waals surface area contributed by atoms with Crippen molar-refractivity contribution in [2.45, 2.75) is 4.90 Å². The molecule has 0 aliphatic heterocycles. The molecule has 13 heavy (non-hydrogen) atoms. The van der Waals surface area contributed by atoms with Gasteiger partial charge < -0.3 is 5.11 Å². The number of sulfonamides is 1. The molecule has 1 aromatic heterocycles. The van der Waals surface area contributed by atoms with Gasteiger partial charge in [0.2, 0.25) is 10.0 Å². The van der Waals surface area contributed by atoms with E-state index in [-0.39, 0.29) is 9.77 Å². The van der Waals surface area contributed by atoms with Gasteiger partial charge in [-0.3, -0.25) is 0 Å². The second-order valence-corrected chi connectivity index (χ2v) is 4.96. The van der Waals surface area contributed by atoms with Crippen LogP contribution in [0.1, 0.15) is 9.67 Å². The van der Waals surface area contributed by atoms with Crippen LogP contribution in [0.4, 0.5) is 0 Å². The van der Waals surface area contributed by atoms with Crippen LogP contribution in [0, 0.1) is 0 Å². The Hall–Kier alpha value is -0.920. The first-order chi connectivity index (χ1) is 5.97. The van der Waals surface area contributed by atoms with E-state index in [0.717, 1.165) is 17.4 Å². The zero-order valence-electron chi connectivity index (χ0n) is 6.64. The summed E-state index contributed by atoms with van der Waals surface area (Å²) >= 11 is 0.881. The van der Waals surface area contributed by atoms with Crippen LogP contribution >= 0.6 is 11.3 Å². The lowest BCUT2D eigenvalue weighted by Gasteiger charge is -1.95. The molecule has 72 valence electrons. The summed E-state index contributed by atoms with van der Waals surface area (Å²) in [5.41, 5.74) is 0. The Labute approximate surface area is 79.1 Å². The van der Waals surface area contributed by atoms with Gasteiger partial charge in [0.25, 0.3) is 0 Å². The highest BCUT2D eigenvalue weighted by Gasteiger charge is 2.16. The Balaban J connectivity index is 3.13. The Kier molecular flexibility index (Phi) is 2.69. The van der Waals surface area contributed by atoms with E-state index >= 15 is 0 Å². The third kappa shape index (κ3) is 2.06. The summed E-state index contributed by atoms with van der Waals surface area (Å²) in [7, 11) is -2.24. The lowest BCUT2D eigenvalue weighted by Crippen LogP contribution is -2.17. The minimum Gasteiger partial charge on any atom is -0.477 e. The van der Waals surface area contributed by atoms with Gasteiger partial charge in [0, 0.05) is 5.38 Å². The van der Waals surface area contributed by atoms with Crippen LogP contribution in [0.25, 0.3) is 0 Å². The van der Waals surface area contributed by atoms with E-state index in [4.69, 9.17) is 5.11 Å². The van der Waals surface area contributed by atoms with E-state index in [1.165, 1.54) is 12.4 Å². The van der Waals surface area contributed by atoms with Crippen molar-refractivity contribution in [2.24, 2.45) is 0 Å². The molecule has 0 fully saturated rings. The topological polar surface area (TPSA) is 83.5 Å². The molecular weight excluding hydrogens is 214 g/mol. The van der Waals surface area contributed by atoms with Gasteiger partial charge in [-0.15, -0.1) is 11.3 Å². The molecule has 2 N–H and O–H groups in total. The zero-order valence-corrected chi connectivity index (χ0v) is 8.28. The minimum absolute atomic E-state index is 0.00817. The van der Waals surface area contributed by atoms with Crippen molar-refractivity contribution >= 4 is 27.3 Å². The van der Waals surface area contributed by atoms with Gasteiger partial charge in [-0.05, 0) is 13.1 Å². The lowest BCUT2D eigenvalue weighted by atomic mass is 10.5. The Bertz CT molecular complexity index is 420. The summed E-state index contributed by atoms with van der Waals surface area (Å²) in [6.07, 6.45) is 0. The molecule has 0 saturated heterocycles. The van der Waals surface area contributed by atoms with Crippen molar-refractivity contribution in [1.29, 1.82) is 0 Å². The van der Waals surface area contributed by atoms with E-state index in [9.17, 15) is 13.2 Å². The number of nitrogens with one attached hydrogen (secondary N) is 1. The molecule has 1 rings (SSSR count). The van der Waals surface area contributed by atoms with Crippen LogP contribution in [-0.2, 0) is 10.0 Å². The van der Waals surface area contributed by atoms with Crippen molar-refractivity contribution in [3.63, 3.8) is 0 Å². The Morgan fingerprint density at radius 1 is 1.62 bits per heavy atom. The van der Waals surface area contributed by atoms with Crippen LogP contribution < -0.4 is 4.72 Å². The Morgan fingerprint density at radius 2 is 2.23 bits per heavy atom. The summed E-state index contributed by atoms with van der Waals surface area (Å²) in [4.78, 5) is 10.4. The zero-order chi connectivity index (χ0) is 10.1. The second kappa shape index (κ2) is 3.44. The molecule has 0 aromatic carbocycles. The van der Waals surface area contributed by atoms with Crippen LogP contribution in [0.3, 0.4) is 0 Å². The first kappa shape index (κ1) is 10.2. The fraction of sp³-hybridized carbons (Fsp3) is 0.167. The SMILES string of the molecule is CNS(=O)(=O)c1csc(C(=O)O)c1. The van der Waals surface area contributed by atoms with Crippen LogP contribution in [0.5, 0.6) is 0 Å². The normalized spacial score (nSPS) is 11.5. The maximum atomic E-state index is 11.1. The molecule has 0 radical (unpaired) electrons. The number of hydrogen-bond acceptors (Lipinski definition) is 4. The van der Waals surface area contributed by atoms with E-state index in [2.05, 4.69) is 4.72 Å². The lowest BCUT2D eigenvalue weighted by molar-refractivity contribution is 0.0702. The summed E-state index contributed by atoms with van der Waals surface area (Å²) in [5.74, 6) is -1.12. The van der Waals surface area contributed by atoms with Crippen molar-refractivity contribution in [3.05, 3.63) is 16.3 Å². The molecule has 0 atom stereocenters. The van der Waals surface area contributed by atoms with Crippen LogP contribution in [0.15, 0.2) is 16.3 Å². The summed E-state index contributed by atoms with van der Waals surface area (Å²) in [5, 5.41) is 9.82. The molecule has 5 nitrogen and oxygen atoms in total. The van der Waals surface area contributed by atoms with Crippen molar-refractivity contribution in [3.8, 4) is 0 Å². The molecule has 0 amide bonds. The standard InChI is InChI=1S/C6H7NO4S2/c1-7-13(10,11)4-2-5(6(8)9)12-3-4/h2-3,7H,1H3,(H,8,9). The largest absolute Gasteiger partial charge is 0.477 e. The van der Waals surface area contributed by atoms with E-state index in [0.29, 0.717) is 0 Å². The van der Waals surface area contributed by atoms with Gasteiger partial charge in [-0.25, -0.2) is 17.9 Å². The number of rotatable bonds is 3. The number of aromatic carboxylic acids is 1. The predicted molar refractivity (Wildman–Crippen MR) is 47.5 cm³/mol. The number of carboxylic acids is 1. The molecule has 0 bridgehead atoms. The molecule has 0 saturated carbocycles. The van der Waals surface area contributed by atoms with Gasteiger partial charge in [0.1, 0.15) is 4.88 Å². The molecule has 0 unspecified atom stereocenters. The molecule has 0 aliphatic carbocycles. The van der Waals surface area contributed by atoms with E-state index in [1.54, 1.807) is 0 Å². The smallest absolute Gasteiger partial charge is 0.345 e. The number of carbonyl (C=O) groups is 1. The first-order valence-electron chi connectivity index (χ1n) is 3.23. The molecule has 1 aromatic rings. The minimum atomic E-state index is -3.51. The van der Waals surface area contributed by atoms with Gasteiger partial charge in [0.15, 0.2) is 0 Å². The molecular formula is C6H7NO4S2.